The Labute approximate surface area is 829 Å². The van der Waals surface area contributed by atoms with Crippen molar-refractivity contribution in [1.82, 2.24) is 37.5 Å². The van der Waals surface area contributed by atoms with E-state index >= 15 is 0 Å². The number of rotatable bonds is 12. The van der Waals surface area contributed by atoms with Gasteiger partial charge in [-0.05, 0) is 165 Å². The van der Waals surface area contributed by atoms with Crippen LogP contribution in [0.1, 0.15) is 0 Å². The van der Waals surface area contributed by atoms with Gasteiger partial charge in [0.2, 0.25) is 0 Å². The molecule has 0 saturated carbocycles. The van der Waals surface area contributed by atoms with Crippen LogP contribution in [0, 0.1) is 0 Å². The first-order valence-electron chi connectivity index (χ1n) is 49.3. The molecule has 0 aliphatic heterocycles. The maximum Gasteiger partial charge on any atom is 0.292 e. The van der Waals surface area contributed by atoms with Crippen LogP contribution in [0.25, 0.3) is 265 Å². The second-order valence-electron chi connectivity index (χ2n) is 37.2. The van der Waals surface area contributed by atoms with Crippen LogP contribution in [-0.4, -0.2) is 37.5 Å². The molecule has 0 radical (unpaired) electrons. The molecule has 0 aliphatic carbocycles. The number of pyridine rings is 3. The molecule has 9 aromatic heterocycles. The van der Waals surface area contributed by atoms with Gasteiger partial charge in [-0.15, -0.1) is 0 Å². The zero-order valence-corrected chi connectivity index (χ0v) is 78.3. The van der Waals surface area contributed by atoms with E-state index in [0.29, 0.717) is 0 Å². The molecule has 21 aromatic carbocycles. The highest BCUT2D eigenvalue weighted by atomic mass is 15.1. The quantitative estimate of drug-likeness (QED) is 0.0978. The molecule has 1 N–H and O–H groups in total. The van der Waals surface area contributed by atoms with Gasteiger partial charge in [0.15, 0.2) is 16.7 Å². The summed E-state index contributed by atoms with van der Waals surface area (Å²) in [5.74, 6) is 2.93. The fourth-order valence-corrected chi connectivity index (χ4v) is 22.7. The third-order valence-electron chi connectivity index (χ3n) is 29.1. The standard InChI is InChI=1S/3C45H29N3/c1-5-15-30(16-6-1)33-25-26-35-37-28-41-38(36-23-13-14-24-40(36)47(41)34-21-11-4-12-22-34)29-42(37)48-44(39(35)27-33)43(31-17-7-2-8-18-31)46-45(48)32-19-9-3-10-20-32;1-5-15-30(16-6-1)33-25-26-36-37(27-33)39-28-38-35-23-13-14-24-40(35)47(34-21-11-4-12-22-34)41(38)29-42(39)48-44(36)43(31-17-7-2-8-18-31)46-45(48)32-19-9-3-10-20-32;1-5-15-30(16-6-1)33-25-26-35-37-27-28-38-36-23-13-14-24-40(36)47(34-21-11-4-12-22-34)43(38)44(37)48-42(39(35)29-33)41(31-17-7-2-8-18-31)46-45(48)32-19-9-3-10-20-32/h3*1-29H/p+1. The smallest absolute Gasteiger partial charge is 0.292 e. The van der Waals surface area contributed by atoms with E-state index in [-0.39, 0.29) is 0 Å². The van der Waals surface area contributed by atoms with Gasteiger partial charge < -0.3 is 13.7 Å². The van der Waals surface area contributed by atoms with Gasteiger partial charge in [0.1, 0.15) is 17.2 Å². The maximum absolute atomic E-state index is 5.49. The highest BCUT2D eigenvalue weighted by Gasteiger charge is 2.33. The Morgan fingerprint density at radius 1 is 0.167 bits per heavy atom. The van der Waals surface area contributed by atoms with E-state index in [1.165, 1.54) is 153 Å². The van der Waals surface area contributed by atoms with Crippen LogP contribution in [-0.2, 0) is 0 Å². The van der Waals surface area contributed by atoms with E-state index in [2.05, 4.69) is 560 Å². The van der Waals surface area contributed by atoms with Crippen molar-refractivity contribution in [1.29, 1.82) is 0 Å². The summed E-state index contributed by atoms with van der Waals surface area (Å²) in [7, 11) is 0. The molecule has 0 atom stereocenters. The zero-order chi connectivity index (χ0) is 94.8. The average molecular weight is 1840 g/mol. The number of para-hydroxylation sites is 6. The molecule has 9 heterocycles. The predicted octanol–water partition coefficient (Wildman–Crippen LogP) is 34.6. The number of hydrogen-bond donors (Lipinski definition) is 1. The zero-order valence-electron chi connectivity index (χ0n) is 78.3. The maximum atomic E-state index is 5.49. The van der Waals surface area contributed by atoms with Crippen LogP contribution in [0.15, 0.2) is 528 Å². The highest BCUT2D eigenvalue weighted by Crippen LogP contribution is 2.49. The molecule has 9 heteroatoms. The lowest BCUT2D eigenvalue weighted by atomic mass is 9.96. The van der Waals surface area contributed by atoms with Gasteiger partial charge in [-0.25, -0.2) is 15.0 Å². The lowest BCUT2D eigenvalue weighted by Gasteiger charge is -2.15. The van der Waals surface area contributed by atoms with Crippen molar-refractivity contribution in [2.75, 3.05) is 0 Å². The van der Waals surface area contributed by atoms with Gasteiger partial charge in [-0.1, -0.05) is 413 Å². The highest BCUT2D eigenvalue weighted by molar-refractivity contribution is 6.27. The minimum atomic E-state index is 0.935. The molecule has 0 spiro atoms. The molecule has 0 unspecified atom stereocenters. The van der Waals surface area contributed by atoms with Gasteiger partial charge >= 0.3 is 0 Å². The van der Waals surface area contributed by atoms with Crippen molar-refractivity contribution in [3.8, 4) is 118 Å². The van der Waals surface area contributed by atoms with Gasteiger partial charge in [-0.2, -0.15) is 4.40 Å². The van der Waals surface area contributed by atoms with E-state index in [0.717, 1.165) is 113 Å². The number of aromatic amines is 1. The number of imidazole rings is 3. The molecular formula is C135H88N9+. The van der Waals surface area contributed by atoms with Gasteiger partial charge in [0.25, 0.3) is 5.82 Å². The first-order chi connectivity index (χ1) is 71.5. The van der Waals surface area contributed by atoms with Crippen LogP contribution in [0.2, 0.25) is 0 Å². The largest absolute Gasteiger partial charge is 0.309 e. The Kier molecular flexibility index (Phi) is 19.8. The van der Waals surface area contributed by atoms with Crippen molar-refractivity contribution in [2.24, 2.45) is 0 Å². The number of benzene rings is 21. The normalized spacial score (nSPS) is 11.8. The fourth-order valence-electron chi connectivity index (χ4n) is 22.7. The number of hydrogen-bond acceptors (Lipinski definition) is 2. The van der Waals surface area contributed by atoms with E-state index in [1.54, 1.807) is 0 Å². The van der Waals surface area contributed by atoms with Crippen molar-refractivity contribution in [2.45, 2.75) is 0 Å². The molecule has 672 valence electrons. The number of H-pyrrole nitrogens is 1. The summed E-state index contributed by atoms with van der Waals surface area (Å²) < 4.78 is 14.6. The summed E-state index contributed by atoms with van der Waals surface area (Å²) in [6.45, 7) is 0. The van der Waals surface area contributed by atoms with Gasteiger partial charge in [0.05, 0.1) is 66.6 Å². The van der Waals surface area contributed by atoms with Crippen LogP contribution in [0.3, 0.4) is 0 Å². The average Bonchev–Trinajstić information content (AvgIpc) is 1.40. The molecule has 9 nitrogen and oxygen atoms in total. The minimum absolute atomic E-state index is 0.935. The first-order valence-corrected chi connectivity index (χ1v) is 49.3. The van der Waals surface area contributed by atoms with Crippen molar-refractivity contribution < 1.29 is 4.40 Å². The monoisotopic (exact) mass is 1830 g/mol. The summed E-state index contributed by atoms with van der Waals surface area (Å²) in [5.41, 5.74) is 34.3. The number of aromatic nitrogens is 9. The Hall–Kier alpha value is -19.4. The third-order valence-corrected chi connectivity index (χ3v) is 29.1. The van der Waals surface area contributed by atoms with E-state index < -0.39 is 0 Å². The van der Waals surface area contributed by atoms with Crippen LogP contribution < -0.4 is 4.40 Å². The van der Waals surface area contributed by atoms with Gasteiger partial charge in [0, 0.05) is 110 Å². The minimum Gasteiger partial charge on any atom is -0.309 e. The second-order valence-corrected chi connectivity index (χ2v) is 37.2. The van der Waals surface area contributed by atoms with E-state index in [9.17, 15) is 0 Å². The molecule has 0 aliphatic rings. The van der Waals surface area contributed by atoms with E-state index in [1.807, 2.05) is 0 Å². The number of fused-ring (bicyclic) bond motifs is 28. The van der Waals surface area contributed by atoms with Crippen LogP contribution >= 0.6 is 0 Å². The van der Waals surface area contributed by atoms with Crippen LogP contribution in [0.5, 0.6) is 0 Å². The summed E-state index contributed by atoms with van der Waals surface area (Å²) >= 11 is 0. The van der Waals surface area contributed by atoms with Crippen LogP contribution in [0.4, 0.5) is 0 Å². The SMILES string of the molecule is c1ccc(-c2ccc3c(c2)c2c(-c4ccccc4)[nH]c(-c4ccccc4)[n+]2c2c3ccc3c4ccccc4n(-c4ccccc4)c32)cc1.c1ccc(-c2ccc3c(c2)c2cc4c5ccccc5n(-c5ccccc5)c4cc2n2c(-c4ccccc4)nc(-c4ccccc4)c32)cc1.c1ccc(-c2ccc3c4cc5c(cc4n4c(-c6ccccc6)nc(-c6ccccc6)c4c3c2)c2ccccc2n5-c2ccccc2)cc1. The Balaban J connectivity index is 0.000000105. The molecular weight excluding hydrogens is 1750 g/mol. The molecule has 0 bridgehead atoms. The van der Waals surface area contributed by atoms with Crippen molar-refractivity contribution in [3.63, 3.8) is 0 Å². The molecule has 144 heavy (non-hydrogen) atoms. The fraction of sp³-hybridized carbons (Fsp3) is 0. The lowest BCUT2D eigenvalue weighted by molar-refractivity contribution is -0.465. The summed E-state index contributed by atoms with van der Waals surface area (Å²) in [4.78, 5) is 14.9. The van der Waals surface area contributed by atoms with Crippen molar-refractivity contribution >= 4 is 147 Å². The molecule has 0 saturated heterocycles. The topological polar surface area (TPSA) is 69.3 Å². The van der Waals surface area contributed by atoms with Crippen molar-refractivity contribution in [3.05, 3.63) is 528 Å². The Bertz CT molecular complexity index is 10200. The molecule has 0 fully saturated rings. The summed E-state index contributed by atoms with van der Waals surface area (Å²) in [5, 5.41) is 18.2. The summed E-state index contributed by atoms with van der Waals surface area (Å²) in [6.07, 6.45) is 0. The predicted molar refractivity (Wildman–Crippen MR) is 601 cm³/mol. The molecule has 0 amide bonds. The molecule has 30 rings (SSSR count). The Morgan fingerprint density at radius 2 is 0.472 bits per heavy atom. The lowest BCUT2D eigenvalue weighted by Crippen LogP contribution is -2.25. The van der Waals surface area contributed by atoms with E-state index in [4.69, 9.17) is 9.97 Å². The summed E-state index contributed by atoms with van der Waals surface area (Å²) in [6, 6.07) is 189. The Morgan fingerprint density at radius 3 is 0.944 bits per heavy atom. The number of nitrogens with zero attached hydrogens (tertiary/aromatic N) is 8. The second kappa shape index (κ2) is 34.4. The first kappa shape index (κ1) is 82.9. The molecule has 30 aromatic rings. The third kappa shape index (κ3) is 13.6. The van der Waals surface area contributed by atoms with Gasteiger partial charge in [-0.3, -0.25) is 8.80 Å². The number of nitrogens with one attached hydrogen (secondary N) is 1.